The molecular weight excluding hydrogens is 384 g/mol. The molecule has 1 aliphatic heterocycles. The van der Waals surface area contributed by atoms with Crippen LogP contribution >= 0.6 is 11.6 Å². The van der Waals surface area contributed by atoms with Gasteiger partial charge in [0.15, 0.2) is 5.82 Å². The predicted octanol–water partition coefficient (Wildman–Crippen LogP) is 2.86. The van der Waals surface area contributed by atoms with Crippen LogP contribution in [0.3, 0.4) is 0 Å². The highest BCUT2D eigenvalue weighted by molar-refractivity contribution is 6.35. The van der Waals surface area contributed by atoms with E-state index in [1.165, 1.54) is 9.58 Å². The maximum Gasteiger partial charge on any atom is 0.408 e. The molecule has 2 heterocycles. The van der Waals surface area contributed by atoms with Crippen LogP contribution in [0.25, 0.3) is 10.9 Å². The average molecular weight is 409 g/mol. The van der Waals surface area contributed by atoms with Crippen LogP contribution in [0.15, 0.2) is 23.0 Å². The summed E-state index contributed by atoms with van der Waals surface area (Å²) in [4.78, 5) is 31.4. The number of carboxylic acid groups (broad SMARTS) is 1. The summed E-state index contributed by atoms with van der Waals surface area (Å²) >= 11 is 6.29. The number of rotatable bonds is 3. The molecule has 1 N–H and O–H groups in total. The summed E-state index contributed by atoms with van der Waals surface area (Å²) in [5.41, 5.74) is -0.538. The van der Waals surface area contributed by atoms with Crippen molar-refractivity contribution in [2.24, 2.45) is 0 Å². The molecule has 1 aliphatic rings. The van der Waals surface area contributed by atoms with Gasteiger partial charge in [0.05, 0.1) is 48.3 Å². The second kappa shape index (κ2) is 7.60. The van der Waals surface area contributed by atoms with Crippen molar-refractivity contribution in [3.05, 3.63) is 39.4 Å². The number of hydrogen-bond acceptors (Lipinski definition) is 5. The zero-order valence-corrected chi connectivity index (χ0v) is 17.2. The Hall–Kier alpha value is -2.32. The van der Waals surface area contributed by atoms with Crippen LogP contribution in [-0.4, -0.2) is 57.6 Å². The summed E-state index contributed by atoms with van der Waals surface area (Å²) in [5, 5.41) is 12.3. The van der Waals surface area contributed by atoms with Gasteiger partial charge in [0, 0.05) is 5.54 Å². The number of fused-ring (bicyclic) bond motifs is 1. The average Bonchev–Trinajstić information content (AvgIpc) is 2.60. The number of aromatic nitrogens is 2. The van der Waals surface area contributed by atoms with Crippen molar-refractivity contribution < 1.29 is 14.6 Å². The second-order valence-electron chi connectivity index (χ2n) is 7.79. The first-order valence-corrected chi connectivity index (χ1v) is 9.57. The van der Waals surface area contributed by atoms with Crippen molar-refractivity contribution in [1.82, 2.24) is 14.6 Å². The summed E-state index contributed by atoms with van der Waals surface area (Å²) in [7, 11) is 0. The molecule has 3 rings (SSSR count). The number of halogens is 1. The Balaban J connectivity index is 2.28. The number of hydrogen-bond donors (Lipinski definition) is 1. The fourth-order valence-electron chi connectivity index (χ4n) is 3.64. The Morgan fingerprint density at radius 2 is 1.96 bits per heavy atom. The molecule has 1 saturated heterocycles. The van der Waals surface area contributed by atoms with Gasteiger partial charge in [-0.3, -0.25) is 9.69 Å². The lowest BCUT2D eigenvalue weighted by Gasteiger charge is -2.40. The number of nitrogens with zero attached hydrogens (tertiary/aromatic N) is 4. The summed E-state index contributed by atoms with van der Waals surface area (Å²) in [6.07, 6.45) is -1.08. The van der Waals surface area contributed by atoms with E-state index < -0.39 is 17.7 Å². The van der Waals surface area contributed by atoms with Gasteiger partial charge in [0.2, 0.25) is 0 Å². The molecule has 0 spiro atoms. The Bertz CT molecular complexity index is 947. The molecule has 28 heavy (non-hydrogen) atoms. The number of morpholine rings is 1. The number of carbonyl (C=O) groups is 1. The smallest absolute Gasteiger partial charge is 0.408 e. The van der Waals surface area contributed by atoms with Gasteiger partial charge < -0.3 is 14.9 Å². The first-order valence-electron chi connectivity index (χ1n) is 9.19. The van der Waals surface area contributed by atoms with E-state index in [9.17, 15) is 14.7 Å². The molecule has 1 aromatic heterocycles. The first kappa shape index (κ1) is 20.4. The number of benzene rings is 1. The van der Waals surface area contributed by atoms with Crippen LogP contribution in [0.1, 0.15) is 39.6 Å². The Kier molecular flexibility index (Phi) is 5.54. The second-order valence-corrected chi connectivity index (χ2v) is 8.19. The van der Waals surface area contributed by atoms with Crippen LogP contribution in [-0.2, 0) is 4.74 Å². The van der Waals surface area contributed by atoms with Gasteiger partial charge >= 0.3 is 6.09 Å². The zero-order valence-electron chi connectivity index (χ0n) is 16.5. The fraction of sp³-hybridized carbons (Fsp3) is 0.526. The molecule has 8 nitrogen and oxygen atoms in total. The van der Waals surface area contributed by atoms with Crippen LogP contribution in [0.2, 0.25) is 5.02 Å². The quantitative estimate of drug-likeness (QED) is 0.840. The van der Waals surface area contributed by atoms with E-state index in [-0.39, 0.29) is 5.56 Å². The van der Waals surface area contributed by atoms with Crippen molar-refractivity contribution in [3.63, 3.8) is 0 Å². The molecule has 0 radical (unpaired) electrons. The van der Waals surface area contributed by atoms with Crippen LogP contribution in [0.5, 0.6) is 0 Å². The highest BCUT2D eigenvalue weighted by atomic mass is 35.5. The van der Waals surface area contributed by atoms with E-state index in [0.29, 0.717) is 48.1 Å². The van der Waals surface area contributed by atoms with Crippen LogP contribution in [0.4, 0.5) is 4.79 Å². The van der Waals surface area contributed by atoms with E-state index in [4.69, 9.17) is 16.3 Å². The lowest BCUT2D eigenvalue weighted by molar-refractivity contribution is 0.0690. The van der Waals surface area contributed by atoms with Crippen molar-refractivity contribution in [2.45, 2.75) is 39.3 Å². The van der Waals surface area contributed by atoms with Crippen molar-refractivity contribution in [1.29, 1.82) is 0 Å². The van der Waals surface area contributed by atoms with Crippen molar-refractivity contribution in [3.8, 4) is 0 Å². The van der Waals surface area contributed by atoms with Gasteiger partial charge in [-0.25, -0.2) is 14.5 Å². The van der Waals surface area contributed by atoms with E-state index in [1.807, 2.05) is 25.8 Å². The summed E-state index contributed by atoms with van der Waals surface area (Å²) in [6.45, 7) is 9.13. The predicted molar refractivity (Wildman–Crippen MR) is 108 cm³/mol. The van der Waals surface area contributed by atoms with E-state index >= 15 is 0 Å². The van der Waals surface area contributed by atoms with Crippen LogP contribution in [0, 0.1) is 0 Å². The maximum atomic E-state index is 13.4. The first-order chi connectivity index (χ1) is 13.1. The molecule has 2 aromatic rings. The molecule has 1 aromatic carbocycles. The Morgan fingerprint density at radius 3 is 2.54 bits per heavy atom. The molecule has 152 valence electrons. The minimum atomic E-state index is -1.08. The van der Waals surface area contributed by atoms with Crippen molar-refractivity contribution >= 4 is 28.6 Å². The number of amides is 1. The van der Waals surface area contributed by atoms with Gasteiger partial charge in [0.25, 0.3) is 5.56 Å². The highest BCUT2D eigenvalue weighted by Crippen LogP contribution is 2.28. The van der Waals surface area contributed by atoms with Crippen LogP contribution < -0.4 is 10.6 Å². The third-order valence-electron chi connectivity index (χ3n) is 4.81. The van der Waals surface area contributed by atoms with Gasteiger partial charge in [-0.05, 0) is 39.8 Å². The zero-order chi connectivity index (χ0) is 20.6. The largest absolute Gasteiger partial charge is 0.465 e. The number of ether oxygens (including phenoxy) is 1. The summed E-state index contributed by atoms with van der Waals surface area (Å²) in [5.74, 6) is 0.360. The summed E-state index contributed by atoms with van der Waals surface area (Å²) < 4.78 is 6.88. The van der Waals surface area contributed by atoms with Gasteiger partial charge in [-0.1, -0.05) is 17.7 Å². The summed E-state index contributed by atoms with van der Waals surface area (Å²) in [6, 6.07) is 4.43. The van der Waals surface area contributed by atoms with E-state index in [0.717, 1.165) is 0 Å². The molecule has 1 atom stereocenters. The third kappa shape index (κ3) is 3.66. The fourth-order valence-corrected chi connectivity index (χ4v) is 3.90. The minimum Gasteiger partial charge on any atom is -0.465 e. The molecule has 0 bridgehead atoms. The SMILES string of the molecule is CC(c1nc2cccc(Cl)c2c(=O)n1N1CCOCC1)N(C(=O)O)C(C)(C)C. The maximum absolute atomic E-state index is 13.4. The standard InChI is InChI=1S/C19H25ClN4O4/c1-12(23(18(26)27)19(2,3)4)16-21-14-7-5-6-13(20)15(14)17(25)24(16)22-8-10-28-11-9-22/h5-7,12H,8-11H2,1-4H3,(H,26,27). The molecule has 0 aliphatic carbocycles. The Morgan fingerprint density at radius 1 is 1.32 bits per heavy atom. The van der Waals surface area contributed by atoms with Gasteiger partial charge in [0.1, 0.15) is 0 Å². The van der Waals surface area contributed by atoms with Gasteiger partial charge in [-0.2, -0.15) is 0 Å². The monoisotopic (exact) mass is 408 g/mol. The third-order valence-corrected chi connectivity index (χ3v) is 5.12. The lowest BCUT2D eigenvalue weighted by atomic mass is 10.0. The highest BCUT2D eigenvalue weighted by Gasteiger charge is 2.35. The lowest BCUT2D eigenvalue weighted by Crippen LogP contribution is -2.53. The minimum absolute atomic E-state index is 0.307. The topological polar surface area (TPSA) is 87.9 Å². The molecule has 1 amide bonds. The molecule has 1 unspecified atom stereocenters. The molecular formula is C19H25ClN4O4. The molecule has 9 heteroatoms. The Labute approximate surface area is 168 Å². The molecule has 0 saturated carbocycles. The van der Waals surface area contributed by atoms with E-state index in [1.54, 1.807) is 25.1 Å². The van der Waals surface area contributed by atoms with E-state index in [2.05, 4.69) is 4.98 Å². The van der Waals surface area contributed by atoms with Crippen molar-refractivity contribution in [2.75, 3.05) is 31.3 Å². The normalized spacial score (nSPS) is 16.2. The van der Waals surface area contributed by atoms with Gasteiger partial charge in [-0.15, -0.1) is 0 Å². The molecule has 1 fully saturated rings.